The fourth-order valence-electron chi connectivity index (χ4n) is 2.95. The van der Waals surface area contributed by atoms with Gasteiger partial charge in [0, 0.05) is 12.5 Å². The van der Waals surface area contributed by atoms with E-state index < -0.39 is 0 Å². The van der Waals surface area contributed by atoms with Crippen molar-refractivity contribution in [3.63, 3.8) is 0 Å². The van der Waals surface area contributed by atoms with Crippen LogP contribution in [0.2, 0.25) is 0 Å². The van der Waals surface area contributed by atoms with Crippen LogP contribution in [0, 0.1) is 17.8 Å². The molecule has 1 aliphatic heterocycles. The lowest BCUT2D eigenvalue weighted by Gasteiger charge is -2.32. The van der Waals surface area contributed by atoms with Gasteiger partial charge in [-0.05, 0) is 37.8 Å². The lowest BCUT2D eigenvalue weighted by Crippen LogP contribution is -2.50. The second-order valence-electron chi connectivity index (χ2n) is 6.17. The molecule has 0 aromatic rings. The molecule has 3 atom stereocenters. The number of ether oxygens (including phenoxy) is 1. The lowest BCUT2D eigenvalue weighted by molar-refractivity contribution is -0.127. The van der Waals surface area contributed by atoms with Crippen LogP contribution in [0.25, 0.3) is 0 Å². The van der Waals surface area contributed by atoms with Gasteiger partial charge in [0.25, 0.3) is 0 Å². The molecule has 0 spiro atoms. The molecule has 0 bridgehead atoms. The number of amides is 1. The van der Waals surface area contributed by atoms with Crippen molar-refractivity contribution < 1.29 is 9.53 Å². The molecule has 4 nitrogen and oxygen atoms in total. The quantitative estimate of drug-likeness (QED) is 0.738. The average molecular weight is 305 g/mol. The molecule has 1 saturated carbocycles. The van der Waals surface area contributed by atoms with Crippen molar-refractivity contribution in [1.29, 1.82) is 0 Å². The van der Waals surface area contributed by atoms with Gasteiger partial charge in [-0.3, -0.25) is 4.79 Å². The molecular weight excluding hydrogens is 276 g/mol. The Morgan fingerprint density at radius 3 is 2.65 bits per heavy atom. The van der Waals surface area contributed by atoms with Crippen LogP contribution >= 0.6 is 12.4 Å². The fraction of sp³-hybridized carbons (Fsp3) is 0.933. The van der Waals surface area contributed by atoms with Gasteiger partial charge in [0.15, 0.2) is 0 Å². The highest BCUT2D eigenvalue weighted by Gasteiger charge is 2.28. The van der Waals surface area contributed by atoms with Crippen molar-refractivity contribution in [2.45, 2.75) is 45.6 Å². The first-order valence-corrected chi connectivity index (χ1v) is 7.78. The normalized spacial score (nSPS) is 28.1. The first-order chi connectivity index (χ1) is 9.18. The largest absolute Gasteiger partial charge is 0.376 e. The van der Waals surface area contributed by atoms with Gasteiger partial charge in [-0.25, -0.2) is 0 Å². The summed E-state index contributed by atoms with van der Waals surface area (Å²) in [6, 6.07) is 0. The maximum Gasteiger partial charge on any atom is 0.223 e. The highest BCUT2D eigenvalue weighted by Crippen LogP contribution is 2.26. The molecule has 20 heavy (non-hydrogen) atoms. The van der Waals surface area contributed by atoms with E-state index in [1.54, 1.807) is 0 Å². The number of carbonyl (C=O) groups excluding carboxylic acids is 1. The van der Waals surface area contributed by atoms with Gasteiger partial charge in [0.1, 0.15) is 0 Å². The molecule has 3 unspecified atom stereocenters. The summed E-state index contributed by atoms with van der Waals surface area (Å²) in [5, 5.41) is 6.20. The Hall–Kier alpha value is -0.320. The van der Waals surface area contributed by atoms with E-state index in [1.807, 2.05) is 6.92 Å². The summed E-state index contributed by atoms with van der Waals surface area (Å²) in [7, 11) is 0. The molecule has 1 aliphatic carbocycles. The molecule has 1 heterocycles. The zero-order valence-corrected chi connectivity index (χ0v) is 13.5. The maximum absolute atomic E-state index is 11.9. The van der Waals surface area contributed by atoms with Crippen LogP contribution in [-0.2, 0) is 9.53 Å². The lowest BCUT2D eigenvalue weighted by atomic mass is 9.88. The summed E-state index contributed by atoms with van der Waals surface area (Å²) in [5.74, 6) is 1.48. The highest BCUT2D eigenvalue weighted by atomic mass is 35.5. The number of hydrogen-bond donors (Lipinski definition) is 2. The van der Waals surface area contributed by atoms with E-state index in [-0.39, 0.29) is 24.2 Å². The number of nitrogens with one attached hydrogen (secondary N) is 2. The second-order valence-corrected chi connectivity index (χ2v) is 6.17. The molecule has 5 heteroatoms. The molecular formula is C15H29ClN2O2. The zero-order chi connectivity index (χ0) is 13.7. The third-order valence-corrected chi connectivity index (χ3v) is 4.70. The van der Waals surface area contributed by atoms with Gasteiger partial charge in [0.05, 0.1) is 12.7 Å². The Labute approximate surface area is 128 Å². The van der Waals surface area contributed by atoms with E-state index >= 15 is 0 Å². The Balaban J connectivity index is 0.00000200. The van der Waals surface area contributed by atoms with Crippen molar-refractivity contribution in [1.82, 2.24) is 10.6 Å². The minimum absolute atomic E-state index is 0. The van der Waals surface area contributed by atoms with Crippen molar-refractivity contribution in [2.24, 2.45) is 17.8 Å². The number of rotatable bonds is 6. The number of halogens is 1. The van der Waals surface area contributed by atoms with Gasteiger partial charge in [0.2, 0.25) is 5.91 Å². The summed E-state index contributed by atoms with van der Waals surface area (Å²) in [4.78, 5) is 11.9. The summed E-state index contributed by atoms with van der Waals surface area (Å²) >= 11 is 0. The molecule has 0 radical (unpaired) electrons. The van der Waals surface area contributed by atoms with E-state index in [9.17, 15) is 4.79 Å². The van der Waals surface area contributed by atoms with E-state index in [4.69, 9.17) is 4.74 Å². The topological polar surface area (TPSA) is 50.4 Å². The van der Waals surface area contributed by atoms with Crippen LogP contribution in [0.4, 0.5) is 0 Å². The Bertz CT molecular complexity index is 298. The Morgan fingerprint density at radius 2 is 2.05 bits per heavy atom. The van der Waals surface area contributed by atoms with Crippen LogP contribution in [0.3, 0.4) is 0 Å². The predicted octanol–water partition coefficient (Wildman–Crippen LogP) is 1.98. The maximum atomic E-state index is 11.9. The molecule has 0 aromatic carbocycles. The van der Waals surface area contributed by atoms with E-state index in [0.717, 1.165) is 13.1 Å². The second kappa shape index (κ2) is 8.85. The SMILES string of the molecule is CC1CCCCC1OCCNC(=O)C(C)C1CNC1.Cl. The van der Waals surface area contributed by atoms with Crippen LogP contribution in [-0.4, -0.2) is 38.3 Å². The number of carbonyl (C=O) groups is 1. The first-order valence-electron chi connectivity index (χ1n) is 7.78. The standard InChI is InChI=1S/C15H28N2O2.ClH/c1-11-5-3-4-6-14(11)19-8-7-17-15(18)12(2)13-9-16-10-13;/h11-14,16H,3-10H2,1-2H3,(H,17,18);1H. The minimum Gasteiger partial charge on any atom is -0.376 e. The van der Waals surface area contributed by atoms with Crippen LogP contribution < -0.4 is 10.6 Å². The van der Waals surface area contributed by atoms with E-state index in [0.29, 0.717) is 31.1 Å². The van der Waals surface area contributed by atoms with Crippen LogP contribution in [0.1, 0.15) is 39.5 Å². The van der Waals surface area contributed by atoms with Crippen molar-refractivity contribution in [3.05, 3.63) is 0 Å². The van der Waals surface area contributed by atoms with Gasteiger partial charge in [-0.15, -0.1) is 12.4 Å². The Morgan fingerprint density at radius 1 is 1.35 bits per heavy atom. The zero-order valence-electron chi connectivity index (χ0n) is 12.7. The summed E-state index contributed by atoms with van der Waals surface area (Å²) < 4.78 is 5.90. The summed E-state index contributed by atoms with van der Waals surface area (Å²) in [6.07, 6.45) is 5.48. The molecule has 2 N–H and O–H groups in total. The van der Waals surface area contributed by atoms with E-state index in [1.165, 1.54) is 25.7 Å². The molecule has 2 rings (SSSR count). The molecule has 1 amide bonds. The van der Waals surface area contributed by atoms with Crippen LogP contribution in [0.15, 0.2) is 0 Å². The molecule has 0 aromatic heterocycles. The minimum atomic E-state index is 0. The third kappa shape index (κ3) is 4.90. The molecule has 2 fully saturated rings. The van der Waals surface area contributed by atoms with Gasteiger partial charge < -0.3 is 15.4 Å². The van der Waals surface area contributed by atoms with Crippen molar-refractivity contribution in [3.8, 4) is 0 Å². The smallest absolute Gasteiger partial charge is 0.223 e. The van der Waals surface area contributed by atoms with Gasteiger partial charge >= 0.3 is 0 Å². The number of hydrogen-bond acceptors (Lipinski definition) is 3. The van der Waals surface area contributed by atoms with Gasteiger partial charge in [-0.2, -0.15) is 0 Å². The predicted molar refractivity (Wildman–Crippen MR) is 83.2 cm³/mol. The summed E-state index contributed by atoms with van der Waals surface area (Å²) in [6.45, 7) is 7.54. The average Bonchev–Trinajstić information content (AvgIpc) is 2.34. The van der Waals surface area contributed by atoms with Crippen molar-refractivity contribution in [2.75, 3.05) is 26.2 Å². The van der Waals surface area contributed by atoms with Crippen molar-refractivity contribution >= 4 is 18.3 Å². The monoisotopic (exact) mass is 304 g/mol. The first kappa shape index (κ1) is 17.7. The summed E-state index contributed by atoms with van der Waals surface area (Å²) in [5.41, 5.74) is 0. The van der Waals surface area contributed by atoms with Gasteiger partial charge in [-0.1, -0.05) is 26.7 Å². The molecule has 118 valence electrons. The molecule has 2 aliphatic rings. The van der Waals surface area contributed by atoms with Crippen LogP contribution in [0.5, 0.6) is 0 Å². The Kier molecular flexibility index (Phi) is 7.85. The van der Waals surface area contributed by atoms with E-state index in [2.05, 4.69) is 17.6 Å². The fourth-order valence-corrected chi connectivity index (χ4v) is 2.95. The third-order valence-electron chi connectivity index (χ3n) is 4.70. The highest BCUT2D eigenvalue weighted by molar-refractivity contribution is 5.85. The molecule has 1 saturated heterocycles.